The summed E-state index contributed by atoms with van der Waals surface area (Å²) in [7, 11) is -4.20. The van der Waals surface area contributed by atoms with Crippen LogP contribution in [0.25, 0.3) is 0 Å². The summed E-state index contributed by atoms with van der Waals surface area (Å²) >= 11 is 0. The van der Waals surface area contributed by atoms with E-state index in [0.717, 1.165) is 44.1 Å². The molecule has 1 N–H and O–H groups in total. The van der Waals surface area contributed by atoms with Crippen LogP contribution in [0.1, 0.15) is 56.9 Å². The molecule has 0 aromatic heterocycles. The number of hydrogen-bond donors (Lipinski definition) is 1. The van der Waals surface area contributed by atoms with Crippen molar-refractivity contribution < 1.29 is 39.3 Å². The lowest BCUT2D eigenvalue weighted by molar-refractivity contribution is -0.372. The Hall–Kier alpha value is -1.33. The molecule has 0 saturated heterocycles. The van der Waals surface area contributed by atoms with E-state index in [-0.39, 0.29) is 11.3 Å². The lowest BCUT2D eigenvalue weighted by Gasteiger charge is -2.26. The van der Waals surface area contributed by atoms with Crippen LogP contribution in [0.3, 0.4) is 0 Å². The van der Waals surface area contributed by atoms with E-state index in [9.17, 15) is 34.8 Å². The fourth-order valence-corrected chi connectivity index (χ4v) is 3.37. The first kappa shape index (κ1) is 25.7. The van der Waals surface area contributed by atoms with Gasteiger partial charge in [0.25, 0.3) is 10.1 Å². The summed E-state index contributed by atoms with van der Waals surface area (Å²) < 4.78 is 105. The van der Waals surface area contributed by atoms with Gasteiger partial charge in [0.1, 0.15) is 0 Å². The van der Waals surface area contributed by atoms with Crippen molar-refractivity contribution in [1.82, 2.24) is 4.90 Å². The van der Waals surface area contributed by atoms with Crippen molar-refractivity contribution in [3.05, 3.63) is 29.8 Å². The van der Waals surface area contributed by atoms with Gasteiger partial charge in [-0.1, -0.05) is 50.7 Å². The normalized spacial score (nSPS) is 13.2. The summed E-state index contributed by atoms with van der Waals surface area (Å²) in [6.07, 6.45) is -5.06. The van der Waals surface area contributed by atoms with Crippen molar-refractivity contribution in [2.24, 2.45) is 0 Å². The molecular weight excluding hydrogens is 424 g/mol. The fourth-order valence-electron chi connectivity index (χ4n) is 2.89. The van der Waals surface area contributed by atoms with Crippen molar-refractivity contribution in [3.8, 4) is 0 Å². The molecule has 0 heterocycles. The van der Waals surface area contributed by atoms with Gasteiger partial charge in [-0.3, -0.25) is 4.55 Å². The fraction of sp³-hybridized carbons (Fsp3) is 0.667. The van der Waals surface area contributed by atoms with Gasteiger partial charge in [0, 0.05) is 6.54 Å². The van der Waals surface area contributed by atoms with Crippen LogP contribution in [0.5, 0.6) is 0 Å². The van der Waals surface area contributed by atoms with E-state index in [4.69, 9.17) is 4.55 Å². The van der Waals surface area contributed by atoms with E-state index in [0.29, 0.717) is 12.8 Å². The summed E-state index contributed by atoms with van der Waals surface area (Å²) in [5, 5.41) is 0. The van der Waals surface area contributed by atoms with Gasteiger partial charge < -0.3 is 0 Å². The largest absolute Gasteiger partial charge is 0.467 e. The Morgan fingerprint density at radius 1 is 0.724 bits per heavy atom. The van der Waals surface area contributed by atoms with E-state index in [2.05, 4.69) is 0 Å². The molecule has 29 heavy (non-hydrogen) atoms. The number of benzene rings is 1. The van der Waals surface area contributed by atoms with Crippen LogP contribution in [0.15, 0.2) is 29.2 Å². The van der Waals surface area contributed by atoms with Gasteiger partial charge in [0.15, 0.2) is 0 Å². The molecule has 0 saturated carbocycles. The third kappa shape index (κ3) is 10.3. The second-order valence-corrected chi connectivity index (χ2v) is 8.21. The average molecular weight is 449 g/mol. The van der Waals surface area contributed by atoms with Crippen LogP contribution in [0, 0.1) is 0 Å². The van der Waals surface area contributed by atoms with Gasteiger partial charge in [0.05, 0.1) is 4.90 Å². The van der Waals surface area contributed by atoms with Gasteiger partial charge in [-0.2, -0.15) is 34.8 Å². The molecule has 0 aliphatic carbocycles. The first-order valence-corrected chi connectivity index (χ1v) is 10.7. The van der Waals surface area contributed by atoms with Crippen LogP contribution in [-0.2, 0) is 16.5 Å². The Kier molecular flexibility index (Phi) is 9.90. The Labute approximate surface area is 166 Å². The molecule has 1 aromatic rings. The Morgan fingerprint density at radius 2 is 1.14 bits per heavy atom. The minimum atomic E-state index is -5.41. The molecule has 0 amide bonds. The van der Waals surface area contributed by atoms with Gasteiger partial charge in [0.2, 0.25) is 0 Å². The average Bonchev–Trinajstić information content (AvgIpc) is 2.57. The van der Waals surface area contributed by atoms with Crippen molar-refractivity contribution in [2.45, 2.75) is 75.3 Å². The number of rotatable bonds is 12. The smallest absolute Gasteiger partial charge is 0.282 e. The molecule has 0 aliphatic rings. The first-order valence-electron chi connectivity index (χ1n) is 9.29. The number of hydrogen-bond acceptors (Lipinski definition) is 3. The molecule has 0 aliphatic heterocycles. The zero-order chi connectivity index (χ0) is 22.1. The van der Waals surface area contributed by atoms with Gasteiger partial charge in [-0.05, 0) is 37.0 Å². The molecule has 0 atom stereocenters. The monoisotopic (exact) mass is 449 g/mol. The number of aryl methyl sites for hydroxylation is 1. The number of halogens is 6. The molecule has 1 aromatic carbocycles. The van der Waals surface area contributed by atoms with Gasteiger partial charge in [-0.25, -0.2) is 0 Å². The van der Waals surface area contributed by atoms with Crippen molar-refractivity contribution in [1.29, 1.82) is 0 Å². The molecule has 0 bridgehead atoms. The number of nitrogens with zero attached hydrogens (tertiary/aromatic N) is 1. The third-order valence-corrected chi connectivity index (χ3v) is 5.30. The zero-order valence-corrected chi connectivity index (χ0v) is 16.6. The van der Waals surface area contributed by atoms with Crippen LogP contribution < -0.4 is 0 Å². The summed E-state index contributed by atoms with van der Waals surface area (Å²) in [5.74, 6) is 0. The highest BCUT2D eigenvalue weighted by atomic mass is 32.2. The first-order chi connectivity index (χ1) is 13.3. The summed E-state index contributed by atoms with van der Waals surface area (Å²) in [6, 6.07) is 5.94. The maximum Gasteiger partial charge on any atom is 0.467 e. The standard InChI is InChI=1S/C18H25F6NO3S/c19-17(20,21)25(18(22,23)24)14-8-6-4-2-1-3-5-7-9-15-10-12-16(13-11-15)29(26,27)28/h10-13H,1-9,14H2,(H,26,27,28). The molecule has 0 fully saturated rings. The molecule has 0 radical (unpaired) electrons. The third-order valence-electron chi connectivity index (χ3n) is 4.43. The number of alkyl halides is 6. The lowest BCUT2D eigenvalue weighted by Crippen LogP contribution is -2.48. The minimum absolute atomic E-state index is 0.158. The Bertz CT molecular complexity index is 688. The van der Waals surface area contributed by atoms with Gasteiger partial charge >= 0.3 is 12.6 Å². The highest BCUT2D eigenvalue weighted by Gasteiger charge is 2.53. The summed E-state index contributed by atoms with van der Waals surface area (Å²) in [5.41, 5.74) is 0.941. The summed E-state index contributed by atoms with van der Waals surface area (Å²) in [6.45, 7) is -1.08. The Morgan fingerprint density at radius 3 is 1.55 bits per heavy atom. The summed E-state index contributed by atoms with van der Waals surface area (Å²) in [4.78, 5) is -1.54. The molecule has 11 heteroatoms. The van der Waals surface area contributed by atoms with Crippen LogP contribution in [-0.4, -0.2) is 37.0 Å². The Balaban J connectivity index is 2.10. The predicted octanol–water partition coefficient (Wildman–Crippen LogP) is 5.94. The van der Waals surface area contributed by atoms with Crippen LogP contribution in [0.4, 0.5) is 26.3 Å². The van der Waals surface area contributed by atoms with Crippen molar-refractivity contribution >= 4 is 10.1 Å². The quantitative estimate of drug-likeness (QED) is 0.186. The van der Waals surface area contributed by atoms with Crippen LogP contribution in [0.2, 0.25) is 0 Å². The topological polar surface area (TPSA) is 57.6 Å². The molecule has 0 spiro atoms. The van der Waals surface area contributed by atoms with E-state index < -0.39 is 34.2 Å². The highest BCUT2D eigenvalue weighted by molar-refractivity contribution is 7.85. The van der Waals surface area contributed by atoms with E-state index in [1.165, 1.54) is 12.1 Å². The second kappa shape index (κ2) is 11.2. The lowest BCUT2D eigenvalue weighted by atomic mass is 10.0. The van der Waals surface area contributed by atoms with Crippen molar-refractivity contribution in [2.75, 3.05) is 6.54 Å². The predicted molar refractivity (Wildman–Crippen MR) is 95.7 cm³/mol. The molecule has 4 nitrogen and oxygen atoms in total. The van der Waals surface area contributed by atoms with Crippen molar-refractivity contribution in [3.63, 3.8) is 0 Å². The second-order valence-electron chi connectivity index (χ2n) is 6.78. The van der Waals surface area contributed by atoms with E-state index in [1.807, 2.05) is 0 Å². The molecule has 1 rings (SSSR count). The SMILES string of the molecule is O=S(=O)(O)c1ccc(CCCCCCCCCCN(C(F)(F)F)C(F)(F)F)cc1. The van der Waals surface area contributed by atoms with E-state index >= 15 is 0 Å². The maximum absolute atomic E-state index is 12.3. The number of unbranched alkanes of at least 4 members (excludes halogenated alkanes) is 7. The highest BCUT2D eigenvalue weighted by Crippen LogP contribution is 2.33. The zero-order valence-electron chi connectivity index (χ0n) is 15.8. The molecular formula is C18H25F6NO3S. The van der Waals surface area contributed by atoms with Crippen LogP contribution >= 0.6 is 0 Å². The molecule has 0 unspecified atom stereocenters. The minimum Gasteiger partial charge on any atom is -0.282 e. The van der Waals surface area contributed by atoms with E-state index in [1.54, 1.807) is 12.1 Å². The maximum atomic E-state index is 12.3. The molecule has 168 valence electrons. The van der Waals surface area contributed by atoms with Gasteiger partial charge in [-0.15, -0.1) is 4.90 Å².